The predicted octanol–water partition coefficient (Wildman–Crippen LogP) is 8.22. The average molecular weight is 600 g/mol. The van der Waals surface area contributed by atoms with Crippen molar-refractivity contribution in [2.45, 2.75) is 70.6 Å². The van der Waals surface area contributed by atoms with Crippen LogP contribution in [0.5, 0.6) is 11.5 Å². The Morgan fingerprint density at radius 1 is 0.953 bits per heavy atom. The molecule has 3 aliphatic carbocycles. The van der Waals surface area contributed by atoms with Crippen LogP contribution >= 0.6 is 11.6 Å². The van der Waals surface area contributed by atoms with Gasteiger partial charge in [-0.1, -0.05) is 30.2 Å². The van der Waals surface area contributed by atoms with Crippen LogP contribution in [0.15, 0.2) is 42.0 Å². The van der Waals surface area contributed by atoms with Gasteiger partial charge in [0.2, 0.25) is 0 Å². The fourth-order valence-electron chi connectivity index (χ4n) is 8.66. The highest BCUT2D eigenvalue weighted by Crippen LogP contribution is 2.48. The number of hydrogen-bond acceptors (Lipinski definition) is 5. The number of halogens is 1. The van der Waals surface area contributed by atoms with Crippen LogP contribution in [0.3, 0.4) is 0 Å². The van der Waals surface area contributed by atoms with Crippen molar-refractivity contribution in [3.05, 3.63) is 69.4 Å². The van der Waals surface area contributed by atoms with Crippen LogP contribution in [0.2, 0.25) is 5.02 Å². The molecule has 7 rings (SSSR count). The first-order valence-electron chi connectivity index (χ1n) is 16.5. The number of allylic oxidation sites excluding steroid dienone is 2. The first kappa shape index (κ1) is 29.0. The molecular formula is C37H46ClN3O2. The van der Waals surface area contributed by atoms with Gasteiger partial charge in [0.15, 0.2) is 11.5 Å². The van der Waals surface area contributed by atoms with Gasteiger partial charge in [0.1, 0.15) is 0 Å². The Kier molecular flexibility index (Phi) is 8.30. The lowest BCUT2D eigenvalue weighted by Crippen LogP contribution is -2.37. The maximum Gasteiger partial charge on any atom is 0.161 e. The number of anilines is 1. The van der Waals surface area contributed by atoms with Crippen molar-refractivity contribution in [3.8, 4) is 11.5 Å². The molecule has 3 aromatic rings. The number of hydrogen-bond donors (Lipinski definition) is 1. The number of likely N-dealkylation sites (tertiary alicyclic amines) is 1. The van der Waals surface area contributed by atoms with E-state index in [2.05, 4.69) is 41.4 Å². The molecule has 1 N–H and O–H groups in total. The molecule has 1 aromatic heterocycles. The number of pyridine rings is 1. The van der Waals surface area contributed by atoms with Crippen LogP contribution in [0.1, 0.15) is 73.8 Å². The lowest BCUT2D eigenvalue weighted by molar-refractivity contribution is 0.172. The first-order chi connectivity index (χ1) is 21.0. The standard InChI is InChI=1S/C37H46ClN3O2/c1-4-23-13-26-18-29(15-23)36-33(19-26)40-32-22-30(38)5-6-31(32)37(36)39-9-12-41-10-7-24(8-11-41)14-25-16-27-20-34(42-2)35(43-3)21-28(27)17-25/h5-6,13,20-22,24-26,29H,4,7-12,14-19H2,1-3H3,(H,39,40)/t26-,29+/m0/s1. The topological polar surface area (TPSA) is 46.6 Å². The normalized spacial score (nSPS) is 22.3. The molecule has 0 spiro atoms. The van der Waals surface area contributed by atoms with E-state index in [9.17, 15) is 0 Å². The number of nitrogens with one attached hydrogen (secondary N) is 1. The van der Waals surface area contributed by atoms with Crippen LogP contribution in [-0.2, 0) is 19.3 Å². The van der Waals surface area contributed by atoms with E-state index in [0.717, 1.165) is 59.8 Å². The van der Waals surface area contributed by atoms with Gasteiger partial charge < -0.3 is 19.7 Å². The number of nitrogens with zero attached hydrogens (tertiary/aromatic N) is 2. The minimum Gasteiger partial charge on any atom is -0.493 e. The zero-order chi connectivity index (χ0) is 29.5. The van der Waals surface area contributed by atoms with Crippen molar-refractivity contribution in [1.29, 1.82) is 0 Å². The summed E-state index contributed by atoms with van der Waals surface area (Å²) in [6.07, 6.45) is 13.5. The molecule has 2 atom stereocenters. The van der Waals surface area contributed by atoms with Gasteiger partial charge in [-0.3, -0.25) is 4.98 Å². The number of fused-ring (bicyclic) bond motifs is 6. The monoisotopic (exact) mass is 599 g/mol. The summed E-state index contributed by atoms with van der Waals surface area (Å²) in [4.78, 5) is 7.84. The van der Waals surface area contributed by atoms with Crippen LogP contribution in [-0.4, -0.2) is 50.3 Å². The molecule has 228 valence electrons. The zero-order valence-electron chi connectivity index (χ0n) is 26.1. The van der Waals surface area contributed by atoms with E-state index in [4.69, 9.17) is 26.1 Å². The number of rotatable bonds is 9. The van der Waals surface area contributed by atoms with Gasteiger partial charge in [0.25, 0.3) is 0 Å². The largest absolute Gasteiger partial charge is 0.493 e. The summed E-state index contributed by atoms with van der Waals surface area (Å²) in [6, 6.07) is 10.6. The number of aromatic nitrogens is 1. The molecule has 43 heavy (non-hydrogen) atoms. The van der Waals surface area contributed by atoms with Gasteiger partial charge in [-0.15, -0.1) is 0 Å². The van der Waals surface area contributed by atoms with Crippen LogP contribution in [0.4, 0.5) is 5.69 Å². The van der Waals surface area contributed by atoms with E-state index in [1.165, 1.54) is 91.5 Å². The Balaban J connectivity index is 0.968. The lowest BCUT2D eigenvalue weighted by atomic mass is 9.70. The third-order valence-electron chi connectivity index (χ3n) is 10.8. The van der Waals surface area contributed by atoms with E-state index in [1.54, 1.807) is 19.8 Å². The Morgan fingerprint density at radius 3 is 2.40 bits per heavy atom. The van der Waals surface area contributed by atoms with Gasteiger partial charge in [-0.25, -0.2) is 0 Å². The third-order valence-corrected chi connectivity index (χ3v) is 11.0. The van der Waals surface area contributed by atoms with Crippen molar-refractivity contribution < 1.29 is 9.47 Å². The minimum atomic E-state index is 0.573. The highest BCUT2D eigenvalue weighted by molar-refractivity contribution is 6.31. The smallest absolute Gasteiger partial charge is 0.161 e. The molecule has 0 amide bonds. The van der Waals surface area contributed by atoms with E-state index in [-0.39, 0.29) is 0 Å². The van der Waals surface area contributed by atoms with Crippen molar-refractivity contribution in [2.75, 3.05) is 45.7 Å². The SMILES string of the molecule is CCC1=C[C@@H]2Cc3nc4cc(Cl)ccc4c(NCCN4CCC(CC5Cc6cc(OC)c(OC)cc6C5)CC4)c3[C@H](C1)C2. The van der Waals surface area contributed by atoms with E-state index < -0.39 is 0 Å². The minimum absolute atomic E-state index is 0.573. The summed E-state index contributed by atoms with van der Waals surface area (Å²) in [6.45, 7) is 6.76. The van der Waals surface area contributed by atoms with Crippen LogP contribution < -0.4 is 14.8 Å². The lowest BCUT2D eigenvalue weighted by Gasteiger charge is -2.37. The third kappa shape index (κ3) is 5.88. The maximum absolute atomic E-state index is 6.42. The van der Waals surface area contributed by atoms with E-state index >= 15 is 0 Å². The van der Waals surface area contributed by atoms with E-state index in [1.807, 2.05) is 12.1 Å². The van der Waals surface area contributed by atoms with Gasteiger partial charge >= 0.3 is 0 Å². The quantitative estimate of drug-likeness (QED) is 0.251. The molecule has 2 heterocycles. The van der Waals surface area contributed by atoms with Gasteiger partial charge in [0.05, 0.1) is 19.7 Å². The maximum atomic E-state index is 6.42. The molecule has 2 aromatic carbocycles. The van der Waals surface area contributed by atoms with Gasteiger partial charge in [-0.05, 0) is 136 Å². The molecule has 0 radical (unpaired) electrons. The molecule has 1 fully saturated rings. The van der Waals surface area contributed by atoms with Crippen molar-refractivity contribution >= 4 is 28.2 Å². The Morgan fingerprint density at radius 2 is 1.70 bits per heavy atom. The summed E-state index contributed by atoms with van der Waals surface area (Å²) < 4.78 is 11.1. The summed E-state index contributed by atoms with van der Waals surface area (Å²) in [5, 5.41) is 5.94. The second kappa shape index (κ2) is 12.3. The summed E-state index contributed by atoms with van der Waals surface area (Å²) in [5.74, 6) is 4.49. The van der Waals surface area contributed by atoms with Crippen LogP contribution in [0, 0.1) is 17.8 Å². The van der Waals surface area contributed by atoms with Gasteiger partial charge in [-0.2, -0.15) is 0 Å². The molecular weight excluding hydrogens is 554 g/mol. The summed E-state index contributed by atoms with van der Waals surface area (Å²) >= 11 is 6.42. The molecule has 2 bridgehead atoms. The summed E-state index contributed by atoms with van der Waals surface area (Å²) in [7, 11) is 3.46. The average Bonchev–Trinajstić information content (AvgIpc) is 3.41. The molecule has 4 aliphatic rings. The van der Waals surface area contributed by atoms with Crippen molar-refractivity contribution in [3.63, 3.8) is 0 Å². The molecule has 1 aliphatic heterocycles. The fraction of sp³-hybridized carbons (Fsp3) is 0.541. The Bertz CT molecular complexity index is 1490. The summed E-state index contributed by atoms with van der Waals surface area (Å²) in [5.41, 5.74) is 9.64. The second-order valence-corrected chi connectivity index (χ2v) is 13.9. The highest BCUT2D eigenvalue weighted by atomic mass is 35.5. The second-order valence-electron chi connectivity index (χ2n) is 13.5. The molecule has 0 unspecified atom stereocenters. The van der Waals surface area contributed by atoms with Crippen molar-refractivity contribution in [1.82, 2.24) is 9.88 Å². The van der Waals surface area contributed by atoms with Crippen LogP contribution in [0.25, 0.3) is 10.9 Å². The molecule has 6 heteroatoms. The number of piperidine rings is 1. The van der Waals surface area contributed by atoms with Gasteiger partial charge in [0, 0.05) is 40.4 Å². The highest BCUT2D eigenvalue weighted by Gasteiger charge is 2.34. The first-order valence-corrected chi connectivity index (χ1v) is 16.9. The van der Waals surface area contributed by atoms with E-state index in [0.29, 0.717) is 11.8 Å². The Labute approximate surface area is 262 Å². The predicted molar refractivity (Wildman–Crippen MR) is 177 cm³/mol. The van der Waals surface area contributed by atoms with Crippen molar-refractivity contribution in [2.24, 2.45) is 17.8 Å². The number of benzene rings is 2. The molecule has 0 saturated carbocycles. The zero-order valence-corrected chi connectivity index (χ0v) is 26.8. The molecule has 5 nitrogen and oxygen atoms in total. The number of ether oxygens (including phenoxy) is 2. The molecule has 1 saturated heterocycles. The Hall–Kier alpha value is -2.76. The number of methoxy groups -OCH3 is 2. The fourth-order valence-corrected chi connectivity index (χ4v) is 8.82.